The van der Waals surface area contributed by atoms with Crippen molar-refractivity contribution in [2.24, 2.45) is 0 Å². The first-order valence-corrected chi connectivity index (χ1v) is 6.55. The van der Waals surface area contributed by atoms with Crippen molar-refractivity contribution in [2.75, 3.05) is 24.6 Å². The van der Waals surface area contributed by atoms with Crippen LogP contribution in [0.3, 0.4) is 0 Å². The van der Waals surface area contributed by atoms with Gasteiger partial charge in [0.15, 0.2) is 0 Å². The molecule has 0 aromatic heterocycles. The maximum absolute atomic E-state index is 11.7. The van der Waals surface area contributed by atoms with E-state index in [0.717, 1.165) is 13.1 Å². The third kappa shape index (κ3) is 2.64. The van der Waals surface area contributed by atoms with Gasteiger partial charge in [0, 0.05) is 30.6 Å². The summed E-state index contributed by atoms with van der Waals surface area (Å²) < 4.78 is 0. The fourth-order valence-corrected chi connectivity index (χ4v) is 2.61. The normalized spacial score (nSPS) is 25.8. The van der Waals surface area contributed by atoms with Crippen molar-refractivity contribution in [2.45, 2.75) is 31.8 Å². The average molecular weight is 214 g/mol. The first kappa shape index (κ1) is 10.3. The lowest BCUT2D eigenvalue weighted by atomic mass is 10.2. The molecule has 14 heavy (non-hydrogen) atoms. The van der Waals surface area contributed by atoms with E-state index >= 15 is 0 Å². The molecule has 1 saturated heterocycles. The third-order valence-corrected chi connectivity index (χ3v) is 3.84. The Bertz CT molecular complexity index is 212. The second-order valence-electron chi connectivity index (χ2n) is 4.11. The number of thioether (sulfide) groups is 1. The molecule has 1 aliphatic heterocycles. The second kappa shape index (κ2) is 4.53. The van der Waals surface area contributed by atoms with Gasteiger partial charge in [0.2, 0.25) is 5.91 Å². The standard InChI is InChI=1S/C10H18N2OS/c1-8(10(13)11-9-2-3-9)12-4-6-14-7-5-12/h8-9H,2-7H2,1H3,(H,11,13). The molecule has 1 amide bonds. The highest BCUT2D eigenvalue weighted by Crippen LogP contribution is 2.19. The van der Waals surface area contributed by atoms with E-state index < -0.39 is 0 Å². The van der Waals surface area contributed by atoms with Gasteiger partial charge in [-0.2, -0.15) is 11.8 Å². The predicted molar refractivity (Wildman–Crippen MR) is 59.5 cm³/mol. The van der Waals surface area contributed by atoms with Crippen molar-refractivity contribution in [1.29, 1.82) is 0 Å². The molecular formula is C10H18N2OS. The van der Waals surface area contributed by atoms with Gasteiger partial charge in [0.25, 0.3) is 0 Å². The SMILES string of the molecule is CC(C(=O)NC1CC1)N1CCSCC1. The zero-order chi connectivity index (χ0) is 9.97. The number of amides is 1. The summed E-state index contributed by atoms with van der Waals surface area (Å²) in [5, 5.41) is 3.06. The van der Waals surface area contributed by atoms with Crippen LogP contribution in [0.25, 0.3) is 0 Å². The Balaban J connectivity index is 1.78. The minimum Gasteiger partial charge on any atom is -0.352 e. The molecule has 0 aromatic rings. The first-order chi connectivity index (χ1) is 6.77. The van der Waals surface area contributed by atoms with Gasteiger partial charge in [0.1, 0.15) is 0 Å². The molecule has 1 heterocycles. The molecule has 1 N–H and O–H groups in total. The smallest absolute Gasteiger partial charge is 0.237 e. The topological polar surface area (TPSA) is 32.3 Å². The molecule has 0 radical (unpaired) electrons. The summed E-state index contributed by atoms with van der Waals surface area (Å²) in [7, 11) is 0. The van der Waals surface area contributed by atoms with Crippen LogP contribution in [0.5, 0.6) is 0 Å². The zero-order valence-corrected chi connectivity index (χ0v) is 9.48. The van der Waals surface area contributed by atoms with E-state index in [1.54, 1.807) is 0 Å². The van der Waals surface area contributed by atoms with Crippen LogP contribution in [0, 0.1) is 0 Å². The molecule has 1 saturated carbocycles. The lowest BCUT2D eigenvalue weighted by Crippen LogP contribution is -2.48. The summed E-state index contributed by atoms with van der Waals surface area (Å²) in [5.41, 5.74) is 0. The molecule has 2 fully saturated rings. The first-order valence-electron chi connectivity index (χ1n) is 5.39. The molecule has 1 unspecified atom stereocenters. The van der Waals surface area contributed by atoms with Crippen molar-refractivity contribution >= 4 is 17.7 Å². The van der Waals surface area contributed by atoms with E-state index in [1.807, 2.05) is 18.7 Å². The molecule has 4 heteroatoms. The van der Waals surface area contributed by atoms with Crippen molar-refractivity contribution in [3.63, 3.8) is 0 Å². The molecule has 80 valence electrons. The van der Waals surface area contributed by atoms with Crippen LogP contribution < -0.4 is 5.32 Å². The lowest BCUT2D eigenvalue weighted by Gasteiger charge is -2.31. The summed E-state index contributed by atoms with van der Waals surface area (Å²) in [6, 6.07) is 0.556. The molecule has 1 atom stereocenters. The van der Waals surface area contributed by atoms with Gasteiger partial charge in [-0.25, -0.2) is 0 Å². The summed E-state index contributed by atoms with van der Waals surface area (Å²) >= 11 is 1.98. The molecule has 3 nitrogen and oxygen atoms in total. The maximum atomic E-state index is 11.7. The summed E-state index contributed by atoms with van der Waals surface area (Å²) in [4.78, 5) is 14.0. The molecule has 1 aliphatic carbocycles. The maximum Gasteiger partial charge on any atom is 0.237 e. The highest BCUT2D eigenvalue weighted by Gasteiger charge is 2.28. The Labute approximate surface area is 89.6 Å². The van der Waals surface area contributed by atoms with E-state index in [1.165, 1.54) is 24.3 Å². The van der Waals surface area contributed by atoms with E-state index in [0.29, 0.717) is 6.04 Å². The number of hydrogen-bond acceptors (Lipinski definition) is 3. The Kier molecular flexibility index (Phi) is 3.34. The predicted octanol–water partition coefficient (Wildman–Crippen LogP) is 0.702. The van der Waals surface area contributed by atoms with E-state index in [4.69, 9.17) is 0 Å². The number of nitrogens with one attached hydrogen (secondary N) is 1. The minimum absolute atomic E-state index is 0.0662. The summed E-state index contributed by atoms with van der Waals surface area (Å²) in [5.74, 6) is 2.56. The van der Waals surface area contributed by atoms with Crippen molar-refractivity contribution in [3.8, 4) is 0 Å². The number of nitrogens with zero attached hydrogens (tertiary/aromatic N) is 1. The summed E-state index contributed by atoms with van der Waals surface area (Å²) in [6.07, 6.45) is 2.35. The second-order valence-corrected chi connectivity index (χ2v) is 5.33. The zero-order valence-electron chi connectivity index (χ0n) is 8.66. The quantitative estimate of drug-likeness (QED) is 0.750. The lowest BCUT2D eigenvalue weighted by molar-refractivity contribution is -0.125. The van der Waals surface area contributed by atoms with Gasteiger partial charge in [-0.15, -0.1) is 0 Å². The van der Waals surface area contributed by atoms with Gasteiger partial charge in [-0.1, -0.05) is 0 Å². The van der Waals surface area contributed by atoms with E-state index in [-0.39, 0.29) is 11.9 Å². The van der Waals surface area contributed by atoms with Crippen molar-refractivity contribution in [3.05, 3.63) is 0 Å². The Morgan fingerprint density at radius 1 is 1.43 bits per heavy atom. The average Bonchev–Trinajstić information content (AvgIpc) is 3.02. The van der Waals surface area contributed by atoms with Crippen LogP contribution in [0.1, 0.15) is 19.8 Å². The van der Waals surface area contributed by atoms with Gasteiger partial charge in [-0.3, -0.25) is 9.69 Å². The Hall–Kier alpha value is -0.220. The van der Waals surface area contributed by atoms with Crippen LogP contribution in [-0.2, 0) is 4.79 Å². The van der Waals surface area contributed by atoms with Gasteiger partial charge >= 0.3 is 0 Å². The highest BCUT2D eigenvalue weighted by atomic mass is 32.2. The van der Waals surface area contributed by atoms with Crippen LogP contribution in [0.15, 0.2) is 0 Å². The number of carbonyl (C=O) groups excluding carboxylic acids is 1. The fourth-order valence-electron chi connectivity index (χ4n) is 1.68. The fraction of sp³-hybridized carbons (Fsp3) is 0.900. The van der Waals surface area contributed by atoms with Crippen LogP contribution in [0.4, 0.5) is 0 Å². The van der Waals surface area contributed by atoms with Gasteiger partial charge in [0.05, 0.1) is 6.04 Å². The van der Waals surface area contributed by atoms with E-state index in [9.17, 15) is 4.79 Å². The Morgan fingerprint density at radius 3 is 2.64 bits per heavy atom. The van der Waals surface area contributed by atoms with E-state index in [2.05, 4.69) is 10.2 Å². The van der Waals surface area contributed by atoms with Crippen LogP contribution in [-0.4, -0.2) is 47.5 Å². The summed E-state index contributed by atoms with van der Waals surface area (Å²) in [6.45, 7) is 4.14. The molecule has 2 aliphatic rings. The number of carbonyl (C=O) groups is 1. The molecule has 0 spiro atoms. The van der Waals surface area contributed by atoms with Gasteiger partial charge < -0.3 is 5.32 Å². The molecule has 0 aromatic carbocycles. The van der Waals surface area contributed by atoms with Crippen molar-refractivity contribution in [1.82, 2.24) is 10.2 Å². The largest absolute Gasteiger partial charge is 0.352 e. The molecular weight excluding hydrogens is 196 g/mol. The highest BCUT2D eigenvalue weighted by molar-refractivity contribution is 7.99. The van der Waals surface area contributed by atoms with Crippen LogP contribution >= 0.6 is 11.8 Å². The number of rotatable bonds is 3. The van der Waals surface area contributed by atoms with Gasteiger partial charge in [-0.05, 0) is 19.8 Å². The van der Waals surface area contributed by atoms with Crippen LogP contribution in [0.2, 0.25) is 0 Å². The minimum atomic E-state index is 0.0662. The monoisotopic (exact) mass is 214 g/mol. The third-order valence-electron chi connectivity index (χ3n) is 2.90. The molecule has 0 bridgehead atoms. The molecule has 2 rings (SSSR count). The number of hydrogen-bond donors (Lipinski definition) is 1. The van der Waals surface area contributed by atoms with Crippen molar-refractivity contribution < 1.29 is 4.79 Å². The Morgan fingerprint density at radius 2 is 2.07 bits per heavy atom.